The maximum Gasteiger partial charge on any atom is 0.243 e. The maximum absolute atomic E-state index is 13.4. The average molecular weight is 455 g/mol. The molecular formula is C21H24ClFN2O4S. The molecule has 162 valence electrons. The van der Waals surface area contributed by atoms with Crippen LogP contribution in [0.1, 0.15) is 25.3 Å². The maximum atomic E-state index is 13.4. The van der Waals surface area contributed by atoms with Gasteiger partial charge < -0.3 is 10.1 Å². The lowest BCUT2D eigenvalue weighted by Gasteiger charge is -2.38. The van der Waals surface area contributed by atoms with E-state index in [-0.39, 0.29) is 28.9 Å². The van der Waals surface area contributed by atoms with Gasteiger partial charge in [0.15, 0.2) is 0 Å². The number of methoxy groups -OCH3 is 1. The van der Waals surface area contributed by atoms with Crippen molar-refractivity contribution in [3.63, 3.8) is 0 Å². The zero-order valence-electron chi connectivity index (χ0n) is 16.8. The van der Waals surface area contributed by atoms with E-state index in [1.54, 1.807) is 14.0 Å². The minimum absolute atomic E-state index is 0.0360. The van der Waals surface area contributed by atoms with E-state index in [2.05, 4.69) is 5.32 Å². The highest BCUT2D eigenvalue weighted by molar-refractivity contribution is 7.89. The summed E-state index contributed by atoms with van der Waals surface area (Å²) >= 11 is 5.76. The van der Waals surface area contributed by atoms with Crippen LogP contribution in [0, 0.1) is 11.2 Å². The van der Waals surface area contributed by atoms with E-state index in [1.165, 1.54) is 10.4 Å². The Morgan fingerprint density at radius 1 is 1.30 bits per heavy atom. The Hall–Kier alpha value is -2.16. The van der Waals surface area contributed by atoms with E-state index in [1.807, 2.05) is 24.3 Å². The van der Waals surface area contributed by atoms with Gasteiger partial charge in [0, 0.05) is 19.6 Å². The van der Waals surface area contributed by atoms with Gasteiger partial charge in [0.2, 0.25) is 15.9 Å². The molecule has 1 fully saturated rings. The standard InChI is InChI=1S/C21H24ClFN2O4S/c1-21(20(26)24-13-15-5-3-6-16(11-15)29-2)9-4-10-25(14-21)30(27,28)17-7-8-19(23)18(22)12-17/h3,5-8,11-12H,4,9-10,13-14H2,1-2H3,(H,24,26)/t21-/m1/s1. The van der Waals surface area contributed by atoms with Crippen molar-refractivity contribution in [2.45, 2.75) is 31.2 Å². The van der Waals surface area contributed by atoms with Gasteiger partial charge in [-0.15, -0.1) is 0 Å². The predicted octanol–water partition coefficient (Wildman–Crippen LogP) is 3.59. The van der Waals surface area contributed by atoms with Gasteiger partial charge in [-0.3, -0.25) is 4.79 Å². The molecular weight excluding hydrogens is 431 g/mol. The monoisotopic (exact) mass is 454 g/mol. The Morgan fingerprint density at radius 2 is 2.07 bits per heavy atom. The van der Waals surface area contributed by atoms with Crippen molar-refractivity contribution in [1.82, 2.24) is 9.62 Å². The van der Waals surface area contributed by atoms with Crippen LogP contribution in [0.15, 0.2) is 47.4 Å². The van der Waals surface area contributed by atoms with Crippen LogP contribution in [-0.2, 0) is 21.4 Å². The van der Waals surface area contributed by atoms with Crippen LogP contribution < -0.4 is 10.1 Å². The third kappa shape index (κ3) is 4.77. The van der Waals surface area contributed by atoms with Crippen LogP contribution >= 0.6 is 11.6 Å². The number of halogens is 2. The molecule has 0 aliphatic carbocycles. The van der Waals surface area contributed by atoms with Crippen LogP contribution in [0.25, 0.3) is 0 Å². The molecule has 6 nitrogen and oxygen atoms in total. The molecule has 1 saturated heterocycles. The number of carbonyl (C=O) groups is 1. The van der Waals surface area contributed by atoms with Gasteiger partial charge in [-0.05, 0) is 55.7 Å². The van der Waals surface area contributed by atoms with E-state index in [4.69, 9.17) is 16.3 Å². The molecule has 2 aromatic rings. The fourth-order valence-electron chi connectivity index (χ4n) is 3.55. The topological polar surface area (TPSA) is 75.7 Å². The molecule has 0 spiro atoms. The SMILES string of the molecule is COc1cccc(CNC(=O)[C@]2(C)CCCN(S(=O)(=O)c3ccc(F)c(Cl)c3)C2)c1. The Labute approximate surface area is 181 Å². The summed E-state index contributed by atoms with van der Waals surface area (Å²) in [5.41, 5.74) is 0.00104. The number of nitrogens with zero attached hydrogens (tertiary/aromatic N) is 1. The lowest BCUT2D eigenvalue weighted by molar-refractivity contribution is -0.132. The zero-order chi connectivity index (χ0) is 21.9. The molecule has 2 aromatic carbocycles. The molecule has 1 N–H and O–H groups in total. The van der Waals surface area contributed by atoms with Gasteiger partial charge in [-0.1, -0.05) is 23.7 Å². The molecule has 3 rings (SSSR count). The highest BCUT2D eigenvalue weighted by Crippen LogP contribution is 2.33. The molecule has 1 amide bonds. The molecule has 0 bridgehead atoms. The van der Waals surface area contributed by atoms with Gasteiger partial charge in [0.25, 0.3) is 0 Å². The molecule has 0 radical (unpaired) electrons. The molecule has 1 aliphatic heterocycles. The summed E-state index contributed by atoms with van der Waals surface area (Å²) < 4.78 is 45.9. The van der Waals surface area contributed by atoms with Crippen LogP contribution in [0.2, 0.25) is 5.02 Å². The second-order valence-electron chi connectivity index (χ2n) is 7.61. The second kappa shape index (κ2) is 8.91. The fourth-order valence-corrected chi connectivity index (χ4v) is 5.42. The Bertz CT molecular complexity index is 1050. The summed E-state index contributed by atoms with van der Waals surface area (Å²) in [5, 5.41) is 2.64. The summed E-state index contributed by atoms with van der Waals surface area (Å²) in [6.45, 7) is 2.39. The van der Waals surface area contributed by atoms with E-state index < -0.39 is 21.3 Å². The molecule has 0 saturated carbocycles. The van der Waals surface area contributed by atoms with Crippen molar-refractivity contribution in [2.24, 2.45) is 5.41 Å². The minimum Gasteiger partial charge on any atom is -0.497 e. The highest BCUT2D eigenvalue weighted by Gasteiger charge is 2.41. The van der Waals surface area contributed by atoms with Crippen molar-refractivity contribution in [1.29, 1.82) is 0 Å². The quantitative estimate of drug-likeness (QED) is 0.723. The van der Waals surface area contributed by atoms with E-state index in [0.29, 0.717) is 25.1 Å². The summed E-state index contributed by atoms with van der Waals surface area (Å²) in [5.74, 6) is -0.209. The fraction of sp³-hybridized carbons (Fsp3) is 0.381. The van der Waals surface area contributed by atoms with E-state index in [9.17, 15) is 17.6 Å². The molecule has 9 heteroatoms. The Balaban J connectivity index is 1.72. The van der Waals surface area contributed by atoms with E-state index in [0.717, 1.165) is 17.7 Å². The van der Waals surface area contributed by atoms with Crippen LogP contribution in [-0.4, -0.2) is 38.8 Å². The first-order valence-corrected chi connectivity index (χ1v) is 11.3. The van der Waals surface area contributed by atoms with Crippen LogP contribution in [0.5, 0.6) is 5.75 Å². The summed E-state index contributed by atoms with van der Waals surface area (Å²) in [7, 11) is -2.32. The van der Waals surface area contributed by atoms with Crippen LogP contribution in [0.3, 0.4) is 0 Å². The van der Waals surface area contributed by atoms with E-state index >= 15 is 0 Å². The van der Waals surface area contributed by atoms with Gasteiger partial charge in [0.1, 0.15) is 11.6 Å². The van der Waals surface area contributed by atoms with Crippen molar-refractivity contribution in [2.75, 3.05) is 20.2 Å². The van der Waals surface area contributed by atoms with Gasteiger partial charge >= 0.3 is 0 Å². The molecule has 0 aromatic heterocycles. The lowest BCUT2D eigenvalue weighted by Crippen LogP contribution is -2.51. The number of benzene rings is 2. The summed E-state index contributed by atoms with van der Waals surface area (Å²) in [6.07, 6.45) is 1.10. The third-order valence-electron chi connectivity index (χ3n) is 5.33. The number of piperidine rings is 1. The number of carbonyl (C=O) groups excluding carboxylic acids is 1. The van der Waals surface area contributed by atoms with Crippen molar-refractivity contribution >= 4 is 27.5 Å². The molecule has 1 atom stereocenters. The van der Waals surface area contributed by atoms with Crippen LogP contribution in [0.4, 0.5) is 4.39 Å². The number of hydrogen-bond acceptors (Lipinski definition) is 4. The largest absolute Gasteiger partial charge is 0.497 e. The van der Waals surface area contributed by atoms with Crippen molar-refractivity contribution in [3.05, 3.63) is 58.9 Å². The lowest BCUT2D eigenvalue weighted by atomic mass is 9.82. The Kier molecular flexibility index (Phi) is 6.69. The number of sulfonamides is 1. The smallest absolute Gasteiger partial charge is 0.243 e. The number of ether oxygens (including phenoxy) is 1. The highest BCUT2D eigenvalue weighted by atomic mass is 35.5. The van der Waals surface area contributed by atoms with Gasteiger partial charge in [-0.2, -0.15) is 4.31 Å². The number of amides is 1. The average Bonchev–Trinajstić information content (AvgIpc) is 2.74. The zero-order valence-corrected chi connectivity index (χ0v) is 18.4. The second-order valence-corrected chi connectivity index (χ2v) is 9.96. The summed E-state index contributed by atoms with van der Waals surface area (Å²) in [4.78, 5) is 12.8. The molecule has 30 heavy (non-hydrogen) atoms. The first kappa shape index (κ1) is 22.5. The number of hydrogen-bond donors (Lipinski definition) is 1. The first-order valence-electron chi connectivity index (χ1n) is 9.52. The van der Waals surface area contributed by atoms with Gasteiger partial charge in [-0.25, -0.2) is 12.8 Å². The third-order valence-corrected chi connectivity index (χ3v) is 7.46. The molecule has 1 aliphatic rings. The van der Waals surface area contributed by atoms with Crippen molar-refractivity contribution in [3.8, 4) is 5.75 Å². The minimum atomic E-state index is -3.90. The Morgan fingerprint density at radius 3 is 2.77 bits per heavy atom. The van der Waals surface area contributed by atoms with Gasteiger partial charge in [0.05, 0.1) is 22.4 Å². The normalized spacial score (nSPS) is 20.0. The molecule has 0 unspecified atom stereocenters. The first-order chi connectivity index (χ1) is 14.2. The van der Waals surface area contributed by atoms with Crippen molar-refractivity contribution < 1.29 is 22.3 Å². The predicted molar refractivity (Wildman–Crippen MR) is 112 cm³/mol. The molecule has 1 heterocycles. The number of nitrogens with one attached hydrogen (secondary N) is 1. The number of rotatable bonds is 6. The summed E-state index contributed by atoms with van der Waals surface area (Å²) in [6, 6.07) is 10.7.